The standard InChI is InChI=1S/C18H19N3O2S/c1-2-13-8-10-14(11-9-13)19-16(22)6-3-7-17-20-18(21-23-17)15-5-4-12-24-15/h4-5,8-12H,2-3,6-7H2,1H3,(H,19,22). The van der Waals surface area contributed by atoms with E-state index < -0.39 is 0 Å². The minimum absolute atomic E-state index is 0.00255. The van der Waals surface area contributed by atoms with Crippen LogP contribution in [0.4, 0.5) is 5.69 Å². The fourth-order valence-corrected chi connectivity index (χ4v) is 2.96. The molecule has 0 bridgehead atoms. The Hall–Kier alpha value is -2.47. The van der Waals surface area contributed by atoms with Gasteiger partial charge in [-0.15, -0.1) is 11.3 Å². The van der Waals surface area contributed by atoms with Gasteiger partial charge in [0, 0.05) is 18.5 Å². The predicted molar refractivity (Wildman–Crippen MR) is 95.0 cm³/mol. The van der Waals surface area contributed by atoms with Crippen LogP contribution >= 0.6 is 11.3 Å². The Morgan fingerprint density at radius 3 is 2.79 bits per heavy atom. The predicted octanol–water partition coefficient (Wildman–Crippen LogP) is 4.32. The van der Waals surface area contributed by atoms with E-state index in [9.17, 15) is 4.79 Å². The zero-order chi connectivity index (χ0) is 16.8. The molecule has 0 radical (unpaired) electrons. The highest BCUT2D eigenvalue weighted by molar-refractivity contribution is 7.13. The Bertz CT molecular complexity index is 779. The third-order valence-electron chi connectivity index (χ3n) is 3.65. The van der Waals surface area contributed by atoms with Crippen LogP contribution in [0.15, 0.2) is 46.3 Å². The Morgan fingerprint density at radius 2 is 2.08 bits per heavy atom. The van der Waals surface area contributed by atoms with Crippen LogP contribution in [0, 0.1) is 0 Å². The molecule has 0 aliphatic carbocycles. The Balaban J connectivity index is 1.45. The monoisotopic (exact) mass is 341 g/mol. The summed E-state index contributed by atoms with van der Waals surface area (Å²) in [6, 6.07) is 11.8. The Morgan fingerprint density at radius 1 is 1.25 bits per heavy atom. The molecule has 1 aromatic carbocycles. The molecule has 2 aromatic heterocycles. The summed E-state index contributed by atoms with van der Waals surface area (Å²) in [5, 5.41) is 8.84. The van der Waals surface area contributed by atoms with Crippen molar-refractivity contribution in [2.45, 2.75) is 32.6 Å². The number of hydrogen-bond donors (Lipinski definition) is 1. The van der Waals surface area contributed by atoms with Gasteiger partial charge in [-0.05, 0) is 42.0 Å². The van der Waals surface area contributed by atoms with Gasteiger partial charge in [-0.1, -0.05) is 30.3 Å². The van der Waals surface area contributed by atoms with Crippen molar-refractivity contribution in [3.8, 4) is 10.7 Å². The van der Waals surface area contributed by atoms with Crippen molar-refractivity contribution in [3.63, 3.8) is 0 Å². The van der Waals surface area contributed by atoms with E-state index in [1.165, 1.54) is 5.56 Å². The molecule has 5 nitrogen and oxygen atoms in total. The first-order valence-electron chi connectivity index (χ1n) is 8.00. The van der Waals surface area contributed by atoms with Gasteiger partial charge in [0.15, 0.2) is 0 Å². The number of aryl methyl sites for hydroxylation is 2. The minimum Gasteiger partial charge on any atom is -0.339 e. The number of aromatic nitrogens is 2. The molecule has 0 atom stereocenters. The zero-order valence-electron chi connectivity index (χ0n) is 13.5. The van der Waals surface area contributed by atoms with Gasteiger partial charge >= 0.3 is 0 Å². The molecule has 0 aliphatic rings. The second kappa shape index (κ2) is 7.88. The molecule has 3 aromatic rings. The molecule has 2 heterocycles. The SMILES string of the molecule is CCc1ccc(NC(=O)CCCc2nc(-c3cccs3)no2)cc1. The van der Waals surface area contributed by atoms with Crippen molar-refractivity contribution in [2.75, 3.05) is 5.32 Å². The molecule has 0 unspecified atom stereocenters. The number of hydrogen-bond acceptors (Lipinski definition) is 5. The van der Waals surface area contributed by atoms with Gasteiger partial charge in [0.1, 0.15) is 0 Å². The fourth-order valence-electron chi connectivity index (χ4n) is 2.31. The van der Waals surface area contributed by atoms with Gasteiger partial charge in [0.2, 0.25) is 17.6 Å². The molecule has 6 heteroatoms. The number of thiophene rings is 1. The second-order valence-corrected chi connectivity index (χ2v) is 6.39. The van der Waals surface area contributed by atoms with E-state index in [4.69, 9.17) is 4.52 Å². The summed E-state index contributed by atoms with van der Waals surface area (Å²) in [5.41, 5.74) is 2.08. The summed E-state index contributed by atoms with van der Waals surface area (Å²) in [4.78, 5) is 17.3. The van der Waals surface area contributed by atoms with Crippen LogP contribution < -0.4 is 5.32 Å². The van der Waals surface area contributed by atoms with Crippen LogP contribution in [0.2, 0.25) is 0 Å². The van der Waals surface area contributed by atoms with Crippen molar-refractivity contribution < 1.29 is 9.32 Å². The van der Waals surface area contributed by atoms with E-state index in [0.717, 1.165) is 17.0 Å². The second-order valence-electron chi connectivity index (χ2n) is 5.44. The number of anilines is 1. The normalized spacial score (nSPS) is 10.7. The van der Waals surface area contributed by atoms with Crippen molar-refractivity contribution in [1.82, 2.24) is 10.1 Å². The topological polar surface area (TPSA) is 68.0 Å². The number of nitrogens with one attached hydrogen (secondary N) is 1. The van der Waals surface area contributed by atoms with E-state index >= 15 is 0 Å². The summed E-state index contributed by atoms with van der Waals surface area (Å²) in [5.74, 6) is 1.18. The molecule has 3 rings (SSSR count). The maximum atomic E-state index is 12.0. The molecular weight excluding hydrogens is 322 g/mol. The van der Waals surface area contributed by atoms with E-state index in [2.05, 4.69) is 22.4 Å². The maximum absolute atomic E-state index is 12.0. The van der Waals surface area contributed by atoms with Crippen LogP contribution in [0.1, 0.15) is 31.2 Å². The van der Waals surface area contributed by atoms with Gasteiger partial charge in [-0.3, -0.25) is 4.79 Å². The highest BCUT2D eigenvalue weighted by Gasteiger charge is 2.10. The molecule has 0 aliphatic heterocycles. The summed E-state index contributed by atoms with van der Waals surface area (Å²) >= 11 is 1.57. The van der Waals surface area contributed by atoms with Crippen LogP contribution in [-0.4, -0.2) is 16.0 Å². The fraction of sp³-hybridized carbons (Fsp3) is 0.278. The quantitative estimate of drug-likeness (QED) is 0.695. The van der Waals surface area contributed by atoms with E-state index in [-0.39, 0.29) is 5.91 Å². The minimum atomic E-state index is -0.00255. The first-order chi connectivity index (χ1) is 11.7. The van der Waals surface area contributed by atoms with Crippen LogP contribution in [0.3, 0.4) is 0 Å². The molecule has 0 saturated heterocycles. The van der Waals surface area contributed by atoms with Crippen LogP contribution in [0.25, 0.3) is 10.7 Å². The lowest BCUT2D eigenvalue weighted by Gasteiger charge is -2.05. The Kier molecular flexibility index (Phi) is 5.38. The number of amides is 1. The van der Waals surface area contributed by atoms with Crippen molar-refractivity contribution in [1.29, 1.82) is 0 Å². The van der Waals surface area contributed by atoms with Gasteiger partial charge < -0.3 is 9.84 Å². The molecule has 0 saturated carbocycles. The molecule has 1 amide bonds. The highest BCUT2D eigenvalue weighted by atomic mass is 32.1. The molecule has 1 N–H and O–H groups in total. The Labute approximate surface area is 144 Å². The van der Waals surface area contributed by atoms with E-state index in [0.29, 0.717) is 31.0 Å². The summed E-state index contributed by atoms with van der Waals surface area (Å²) in [6.07, 6.45) is 2.68. The molecule has 0 spiro atoms. The third kappa shape index (κ3) is 4.29. The average molecular weight is 341 g/mol. The first-order valence-corrected chi connectivity index (χ1v) is 8.88. The lowest BCUT2D eigenvalue weighted by Crippen LogP contribution is -2.11. The summed E-state index contributed by atoms with van der Waals surface area (Å²) < 4.78 is 5.23. The van der Waals surface area contributed by atoms with Gasteiger partial charge in [-0.25, -0.2) is 0 Å². The molecule has 124 valence electrons. The van der Waals surface area contributed by atoms with Crippen LogP contribution in [-0.2, 0) is 17.6 Å². The number of benzene rings is 1. The maximum Gasteiger partial charge on any atom is 0.226 e. The molecular formula is C18H19N3O2S. The number of rotatable bonds is 7. The number of nitrogens with zero attached hydrogens (tertiary/aromatic N) is 2. The molecule has 24 heavy (non-hydrogen) atoms. The number of carbonyl (C=O) groups excluding carboxylic acids is 1. The van der Waals surface area contributed by atoms with Gasteiger partial charge in [0.25, 0.3) is 0 Å². The van der Waals surface area contributed by atoms with Crippen molar-refractivity contribution in [3.05, 3.63) is 53.2 Å². The lowest BCUT2D eigenvalue weighted by molar-refractivity contribution is -0.116. The molecule has 0 fully saturated rings. The highest BCUT2D eigenvalue weighted by Crippen LogP contribution is 2.21. The smallest absolute Gasteiger partial charge is 0.226 e. The zero-order valence-corrected chi connectivity index (χ0v) is 14.3. The van der Waals surface area contributed by atoms with Crippen LogP contribution in [0.5, 0.6) is 0 Å². The van der Waals surface area contributed by atoms with Gasteiger partial charge in [-0.2, -0.15) is 4.98 Å². The summed E-state index contributed by atoms with van der Waals surface area (Å²) in [7, 11) is 0. The lowest BCUT2D eigenvalue weighted by atomic mass is 10.1. The average Bonchev–Trinajstić information content (AvgIpc) is 3.27. The summed E-state index contributed by atoms with van der Waals surface area (Å²) in [6.45, 7) is 2.11. The van der Waals surface area contributed by atoms with Crippen molar-refractivity contribution >= 4 is 22.9 Å². The number of carbonyl (C=O) groups is 1. The largest absolute Gasteiger partial charge is 0.339 e. The van der Waals surface area contributed by atoms with E-state index in [1.54, 1.807) is 11.3 Å². The van der Waals surface area contributed by atoms with E-state index in [1.807, 2.05) is 41.8 Å². The van der Waals surface area contributed by atoms with Gasteiger partial charge in [0.05, 0.1) is 4.88 Å². The third-order valence-corrected chi connectivity index (χ3v) is 4.52. The first kappa shape index (κ1) is 16.4. The van der Waals surface area contributed by atoms with Crippen molar-refractivity contribution in [2.24, 2.45) is 0 Å².